The van der Waals surface area contributed by atoms with E-state index in [4.69, 9.17) is 9.47 Å². The molecule has 4 nitrogen and oxygen atoms in total. The molecule has 19 heavy (non-hydrogen) atoms. The van der Waals surface area contributed by atoms with Crippen LogP contribution in [-0.4, -0.2) is 53.5 Å². The summed E-state index contributed by atoms with van der Waals surface area (Å²) in [5.41, 5.74) is 0. The zero-order valence-electron chi connectivity index (χ0n) is 11.3. The van der Waals surface area contributed by atoms with Crippen LogP contribution in [0.4, 0.5) is 0 Å². The molecular formula is C14H21NO3S. The highest BCUT2D eigenvalue weighted by atomic mass is 32.2. The SMILES string of the molecule is CCOc1ccccc1OCCN1CCS(=O)CC1. The minimum absolute atomic E-state index is 0.611. The lowest BCUT2D eigenvalue weighted by molar-refractivity contribution is 0.212. The Hall–Kier alpha value is -1.07. The predicted octanol–water partition coefficient (Wildman–Crippen LogP) is 1.53. The van der Waals surface area contributed by atoms with Crippen LogP contribution in [0.25, 0.3) is 0 Å². The normalized spacial score (nSPS) is 17.3. The Bertz CT molecular complexity index is 415. The standard InChI is InChI=1S/C14H21NO3S/c1-2-17-13-5-3-4-6-14(13)18-10-7-15-8-11-19(16)12-9-15/h3-6H,2,7-12H2,1H3. The summed E-state index contributed by atoms with van der Waals surface area (Å²) in [6.07, 6.45) is 0. The molecule has 0 N–H and O–H groups in total. The van der Waals surface area contributed by atoms with Gasteiger partial charge in [-0.1, -0.05) is 12.1 Å². The molecule has 1 saturated heterocycles. The van der Waals surface area contributed by atoms with Gasteiger partial charge in [0.1, 0.15) is 6.61 Å². The first-order chi connectivity index (χ1) is 9.29. The Balaban J connectivity index is 1.77. The minimum atomic E-state index is -0.611. The molecule has 2 rings (SSSR count). The van der Waals surface area contributed by atoms with E-state index < -0.39 is 10.8 Å². The molecule has 0 unspecified atom stereocenters. The van der Waals surface area contributed by atoms with Crippen molar-refractivity contribution in [2.24, 2.45) is 0 Å². The second-order valence-electron chi connectivity index (χ2n) is 4.42. The number of para-hydroxylation sites is 2. The summed E-state index contributed by atoms with van der Waals surface area (Å²) in [5, 5.41) is 0. The molecule has 106 valence electrons. The monoisotopic (exact) mass is 283 g/mol. The third kappa shape index (κ3) is 4.51. The molecule has 0 aliphatic carbocycles. The van der Waals surface area contributed by atoms with Gasteiger partial charge in [0.2, 0.25) is 0 Å². The van der Waals surface area contributed by atoms with Crippen LogP contribution in [-0.2, 0) is 10.8 Å². The third-order valence-corrected chi connectivity index (χ3v) is 4.36. The van der Waals surface area contributed by atoms with E-state index in [1.807, 2.05) is 31.2 Å². The van der Waals surface area contributed by atoms with Gasteiger partial charge in [0.15, 0.2) is 11.5 Å². The lowest BCUT2D eigenvalue weighted by Crippen LogP contribution is -2.39. The molecule has 0 amide bonds. The van der Waals surface area contributed by atoms with Crippen molar-refractivity contribution in [2.45, 2.75) is 6.92 Å². The molecule has 1 fully saturated rings. The molecule has 1 aliphatic heterocycles. The molecule has 1 aromatic rings. The van der Waals surface area contributed by atoms with Crippen LogP contribution < -0.4 is 9.47 Å². The van der Waals surface area contributed by atoms with Gasteiger partial charge < -0.3 is 9.47 Å². The van der Waals surface area contributed by atoms with Crippen molar-refractivity contribution in [1.29, 1.82) is 0 Å². The number of benzene rings is 1. The van der Waals surface area contributed by atoms with E-state index in [1.54, 1.807) is 0 Å². The number of hydrogen-bond donors (Lipinski definition) is 0. The van der Waals surface area contributed by atoms with Crippen molar-refractivity contribution in [3.8, 4) is 11.5 Å². The summed E-state index contributed by atoms with van der Waals surface area (Å²) in [6.45, 7) is 5.92. The number of rotatable bonds is 6. The summed E-state index contributed by atoms with van der Waals surface area (Å²) in [7, 11) is -0.611. The van der Waals surface area contributed by atoms with E-state index in [2.05, 4.69) is 4.90 Å². The first-order valence-corrected chi connectivity index (χ1v) is 8.20. The van der Waals surface area contributed by atoms with Gasteiger partial charge in [0.05, 0.1) is 6.61 Å². The van der Waals surface area contributed by atoms with Gasteiger partial charge >= 0.3 is 0 Å². The van der Waals surface area contributed by atoms with E-state index in [9.17, 15) is 4.21 Å². The lowest BCUT2D eigenvalue weighted by atomic mass is 10.3. The number of hydrogen-bond acceptors (Lipinski definition) is 4. The topological polar surface area (TPSA) is 38.8 Å². The van der Waals surface area contributed by atoms with Crippen LogP contribution in [0, 0.1) is 0 Å². The summed E-state index contributed by atoms with van der Waals surface area (Å²) in [5.74, 6) is 3.17. The van der Waals surface area contributed by atoms with Gasteiger partial charge in [-0.2, -0.15) is 0 Å². The van der Waals surface area contributed by atoms with Crippen LogP contribution in [0.3, 0.4) is 0 Å². The van der Waals surface area contributed by atoms with Gasteiger partial charge in [-0.25, -0.2) is 0 Å². The molecule has 0 atom stereocenters. The smallest absolute Gasteiger partial charge is 0.161 e. The van der Waals surface area contributed by atoms with E-state index in [-0.39, 0.29) is 0 Å². The summed E-state index contributed by atoms with van der Waals surface area (Å²) < 4.78 is 22.5. The van der Waals surface area contributed by atoms with Gasteiger partial charge in [-0.15, -0.1) is 0 Å². The maximum atomic E-state index is 11.3. The second kappa shape index (κ2) is 7.50. The molecule has 0 radical (unpaired) electrons. The van der Waals surface area contributed by atoms with E-state index >= 15 is 0 Å². The number of ether oxygens (including phenoxy) is 2. The van der Waals surface area contributed by atoms with Gasteiger partial charge in [-0.3, -0.25) is 9.11 Å². The quantitative estimate of drug-likeness (QED) is 0.793. The Morgan fingerprint density at radius 2 is 1.79 bits per heavy atom. The van der Waals surface area contributed by atoms with Crippen molar-refractivity contribution >= 4 is 10.8 Å². The van der Waals surface area contributed by atoms with Crippen molar-refractivity contribution in [3.63, 3.8) is 0 Å². The van der Waals surface area contributed by atoms with Gasteiger partial charge in [0, 0.05) is 41.9 Å². The highest BCUT2D eigenvalue weighted by Gasteiger charge is 2.14. The zero-order valence-corrected chi connectivity index (χ0v) is 12.2. The fourth-order valence-electron chi connectivity index (χ4n) is 2.03. The molecule has 5 heteroatoms. The molecule has 0 saturated carbocycles. The zero-order chi connectivity index (χ0) is 13.5. The van der Waals surface area contributed by atoms with Crippen molar-refractivity contribution in [1.82, 2.24) is 4.90 Å². The average molecular weight is 283 g/mol. The fraction of sp³-hybridized carbons (Fsp3) is 0.571. The average Bonchev–Trinajstić information content (AvgIpc) is 2.43. The van der Waals surface area contributed by atoms with Crippen LogP contribution in [0.2, 0.25) is 0 Å². The number of nitrogens with zero attached hydrogens (tertiary/aromatic N) is 1. The fourth-order valence-corrected chi connectivity index (χ4v) is 3.16. The van der Waals surface area contributed by atoms with Crippen molar-refractivity contribution < 1.29 is 13.7 Å². The largest absolute Gasteiger partial charge is 0.490 e. The highest BCUT2D eigenvalue weighted by molar-refractivity contribution is 7.85. The molecular weight excluding hydrogens is 262 g/mol. The molecule has 0 aromatic heterocycles. The van der Waals surface area contributed by atoms with E-state index in [1.165, 1.54) is 0 Å². The van der Waals surface area contributed by atoms with Gasteiger partial charge in [-0.05, 0) is 19.1 Å². The summed E-state index contributed by atoms with van der Waals surface area (Å²) in [4.78, 5) is 2.30. The van der Waals surface area contributed by atoms with E-state index in [0.717, 1.165) is 42.6 Å². The lowest BCUT2D eigenvalue weighted by Gasteiger charge is -2.26. The van der Waals surface area contributed by atoms with Crippen LogP contribution in [0.15, 0.2) is 24.3 Å². The summed E-state index contributed by atoms with van der Waals surface area (Å²) in [6, 6.07) is 7.73. The summed E-state index contributed by atoms with van der Waals surface area (Å²) >= 11 is 0. The first kappa shape index (κ1) is 14.3. The highest BCUT2D eigenvalue weighted by Crippen LogP contribution is 2.26. The first-order valence-electron chi connectivity index (χ1n) is 6.71. The second-order valence-corrected chi connectivity index (χ2v) is 6.11. The van der Waals surface area contributed by atoms with Crippen molar-refractivity contribution in [3.05, 3.63) is 24.3 Å². The van der Waals surface area contributed by atoms with Crippen LogP contribution in [0.1, 0.15) is 6.92 Å². The van der Waals surface area contributed by atoms with Crippen LogP contribution in [0.5, 0.6) is 11.5 Å². The minimum Gasteiger partial charge on any atom is -0.490 e. The third-order valence-electron chi connectivity index (χ3n) is 3.08. The Morgan fingerprint density at radius 1 is 1.16 bits per heavy atom. The maximum Gasteiger partial charge on any atom is 0.161 e. The Labute approximate surface area is 117 Å². The molecule has 0 bridgehead atoms. The van der Waals surface area contributed by atoms with Crippen LogP contribution >= 0.6 is 0 Å². The molecule has 1 aliphatic rings. The predicted molar refractivity (Wildman–Crippen MR) is 77.4 cm³/mol. The van der Waals surface area contributed by atoms with Gasteiger partial charge in [0.25, 0.3) is 0 Å². The maximum absolute atomic E-state index is 11.3. The molecule has 1 heterocycles. The molecule has 1 aromatic carbocycles. The Kier molecular flexibility index (Phi) is 5.66. The van der Waals surface area contributed by atoms with E-state index in [0.29, 0.717) is 13.2 Å². The molecule has 0 spiro atoms. The van der Waals surface area contributed by atoms with Crippen molar-refractivity contribution in [2.75, 3.05) is 44.4 Å². The Morgan fingerprint density at radius 3 is 2.42 bits per heavy atom.